The molecule has 0 saturated carbocycles. The molecule has 114 valence electrons. The zero-order valence-electron chi connectivity index (χ0n) is 11.9. The quantitative estimate of drug-likeness (QED) is 0.870. The molecule has 22 heavy (non-hydrogen) atoms. The maximum atomic E-state index is 13.5. The summed E-state index contributed by atoms with van der Waals surface area (Å²) in [5, 5.41) is 0. The average Bonchev–Trinajstić information content (AvgIpc) is 2.53. The number of hydrogen-bond acceptors (Lipinski definition) is 2. The normalized spacial score (nSPS) is 13.6. The molecule has 0 aromatic heterocycles. The van der Waals surface area contributed by atoms with E-state index >= 15 is 0 Å². The Morgan fingerprint density at radius 3 is 2.82 bits per heavy atom. The highest BCUT2D eigenvalue weighted by Gasteiger charge is 2.22. The van der Waals surface area contributed by atoms with E-state index in [0.717, 1.165) is 36.2 Å². The molecule has 3 rings (SSSR count). The molecule has 2 aromatic carbocycles. The number of nitrogens with zero attached hydrogens (tertiary/aromatic N) is 1. The highest BCUT2D eigenvalue weighted by Crippen LogP contribution is 2.27. The zero-order chi connectivity index (χ0) is 15.5. The molecule has 0 atom stereocenters. The first-order chi connectivity index (χ1) is 10.6. The van der Waals surface area contributed by atoms with Gasteiger partial charge in [-0.05, 0) is 36.6 Å². The van der Waals surface area contributed by atoms with Crippen LogP contribution in [-0.4, -0.2) is 19.1 Å². The molecule has 0 spiro atoms. The fourth-order valence-electron chi connectivity index (χ4n) is 2.60. The van der Waals surface area contributed by atoms with Crippen molar-refractivity contribution >= 4 is 11.6 Å². The van der Waals surface area contributed by atoms with E-state index in [1.165, 1.54) is 6.07 Å². The standard InChI is InChI=1S/C17H15F2NO2/c18-13-7-8-16(14(19)10-13)22-11-17(21)20-9-3-5-12-4-1-2-6-15(12)20/h1-2,4,6-8,10H,3,5,9,11H2. The van der Waals surface area contributed by atoms with E-state index in [1.807, 2.05) is 24.3 Å². The summed E-state index contributed by atoms with van der Waals surface area (Å²) in [4.78, 5) is 14.0. The van der Waals surface area contributed by atoms with Crippen LogP contribution >= 0.6 is 0 Å². The molecule has 0 aliphatic carbocycles. The van der Waals surface area contributed by atoms with Crippen molar-refractivity contribution in [3.05, 3.63) is 59.7 Å². The van der Waals surface area contributed by atoms with Gasteiger partial charge in [-0.15, -0.1) is 0 Å². The van der Waals surface area contributed by atoms with Crippen molar-refractivity contribution in [3.8, 4) is 5.75 Å². The fourth-order valence-corrected chi connectivity index (χ4v) is 2.60. The van der Waals surface area contributed by atoms with E-state index in [-0.39, 0.29) is 18.3 Å². The van der Waals surface area contributed by atoms with E-state index in [9.17, 15) is 13.6 Å². The second kappa shape index (κ2) is 6.13. The summed E-state index contributed by atoms with van der Waals surface area (Å²) in [7, 11) is 0. The molecule has 1 aliphatic rings. The number of fused-ring (bicyclic) bond motifs is 1. The van der Waals surface area contributed by atoms with Crippen LogP contribution in [0.2, 0.25) is 0 Å². The first-order valence-electron chi connectivity index (χ1n) is 7.11. The van der Waals surface area contributed by atoms with Gasteiger partial charge in [0.1, 0.15) is 5.82 Å². The molecule has 1 heterocycles. The Labute approximate surface area is 127 Å². The fraction of sp³-hybridized carbons (Fsp3) is 0.235. The minimum absolute atomic E-state index is 0.125. The van der Waals surface area contributed by atoms with Crippen molar-refractivity contribution < 1.29 is 18.3 Å². The van der Waals surface area contributed by atoms with Gasteiger partial charge in [-0.25, -0.2) is 8.78 Å². The molecule has 0 unspecified atom stereocenters. The van der Waals surface area contributed by atoms with E-state index in [4.69, 9.17) is 4.74 Å². The summed E-state index contributed by atoms with van der Waals surface area (Å²) in [6.07, 6.45) is 1.82. The number of benzene rings is 2. The highest BCUT2D eigenvalue weighted by molar-refractivity contribution is 5.95. The Balaban J connectivity index is 1.70. The topological polar surface area (TPSA) is 29.5 Å². The van der Waals surface area contributed by atoms with Gasteiger partial charge in [0, 0.05) is 18.3 Å². The summed E-state index contributed by atoms with van der Waals surface area (Å²) in [5.41, 5.74) is 2.00. The molecule has 3 nitrogen and oxygen atoms in total. The van der Waals surface area contributed by atoms with Gasteiger partial charge < -0.3 is 9.64 Å². The Hall–Kier alpha value is -2.43. The molecule has 0 N–H and O–H groups in total. The summed E-state index contributed by atoms with van der Waals surface area (Å²) >= 11 is 0. The maximum Gasteiger partial charge on any atom is 0.264 e. The molecule has 0 bridgehead atoms. The van der Waals surface area contributed by atoms with Crippen molar-refractivity contribution in [1.29, 1.82) is 0 Å². The Morgan fingerprint density at radius 1 is 1.18 bits per heavy atom. The first kappa shape index (κ1) is 14.5. The van der Waals surface area contributed by atoms with E-state index in [0.29, 0.717) is 6.54 Å². The number of carbonyl (C=O) groups is 1. The molecule has 0 saturated heterocycles. The molecule has 2 aromatic rings. The van der Waals surface area contributed by atoms with E-state index in [1.54, 1.807) is 4.90 Å². The Bertz CT molecular complexity index is 703. The van der Waals surface area contributed by atoms with Crippen LogP contribution in [0.1, 0.15) is 12.0 Å². The van der Waals surface area contributed by atoms with Crippen LogP contribution in [0.4, 0.5) is 14.5 Å². The lowest BCUT2D eigenvalue weighted by atomic mass is 10.0. The Morgan fingerprint density at radius 2 is 2.00 bits per heavy atom. The molecule has 0 fully saturated rings. The third kappa shape index (κ3) is 2.93. The highest BCUT2D eigenvalue weighted by atomic mass is 19.1. The minimum Gasteiger partial charge on any atom is -0.481 e. The Kier molecular flexibility index (Phi) is 4.04. The van der Waals surface area contributed by atoms with Gasteiger partial charge >= 0.3 is 0 Å². The predicted molar refractivity (Wildman–Crippen MR) is 79.0 cm³/mol. The summed E-state index contributed by atoms with van der Waals surface area (Å²) < 4.78 is 31.5. The monoisotopic (exact) mass is 303 g/mol. The molecule has 5 heteroatoms. The van der Waals surface area contributed by atoms with Gasteiger partial charge in [0.15, 0.2) is 18.2 Å². The van der Waals surface area contributed by atoms with E-state index < -0.39 is 11.6 Å². The number of halogens is 2. The average molecular weight is 303 g/mol. The van der Waals surface area contributed by atoms with Crippen LogP contribution < -0.4 is 9.64 Å². The third-order valence-corrected chi connectivity index (χ3v) is 3.66. The van der Waals surface area contributed by atoms with Crippen LogP contribution in [0.15, 0.2) is 42.5 Å². The zero-order valence-corrected chi connectivity index (χ0v) is 11.9. The predicted octanol–water partition coefficient (Wildman–Crippen LogP) is 3.32. The number of anilines is 1. The molecule has 1 aliphatic heterocycles. The molecular weight excluding hydrogens is 288 g/mol. The van der Waals surface area contributed by atoms with Crippen molar-refractivity contribution in [2.45, 2.75) is 12.8 Å². The van der Waals surface area contributed by atoms with Gasteiger partial charge in [-0.2, -0.15) is 0 Å². The van der Waals surface area contributed by atoms with Crippen LogP contribution in [0.25, 0.3) is 0 Å². The minimum atomic E-state index is -0.813. The number of ether oxygens (including phenoxy) is 1. The summed E-state index contributed by atoms with van der Waals surface area (Å²) in [6, 6.07) is 10.7. The van der Waals surface area contributed by atoms with Gasteiger partial charge in [0.05, 0.1) is 0 Å². The SMILES string of the molecule is O=C(COc1ccc(F)cc1F)N1CCCc2ccccc21. The van der Waals surface area contributed by atoms with E-state index in [2.05, 4.69) is 0 Å². The van der Waals surface area contributed by atoms with Gasteiger partial charge in [0.2, 0.25) is 0 Å². The van der Waals surface area contributed by atoms with Crippen molar-refractivity contribution in [2.75, 3.05) is 18.1 Å². The van der Waals surface area contributed by atoms with Crippen LogP contribution in [0, 0.1) is 11.6 Å². The third-order valence-electron chi connectivity index (χ3n) is 3.66. The maximum absolute atomic E-state index is 13.5. The largest absolute Gasteiger partial charge is 0.481 e. The molecular formula is C17H15F2NO2. The number of amides is 1. The lowest BCUT2D eigenvalue weighted by molar-refractivity contribution is -0.120. The van der Waals surface area contributed by atoms with Crippen LogP contribution in [0.3, 0.4) is 0 Å². The number of carbonyl (C=O) groups excluding carboxylic acids is 1. The van der Waals surface area contributed by atoms with Gasteiger partial charge in [0.25, 0.3) is 5.91 Å². The second-order valence-corrected chi connectivity index (χ2v) is 5.14. The molecule has 0 radical (unpaired) electrons. The van der Waals surface area contributed by atoms with Gasteiger partial charge in [-0.3, -0.25) is 4.79 Å². The number of para-hydroxylation sites is 1. The number of rotatable bonds is 3. The number of hydrogen-bond donors (Lipinski definition) is 0. The molecule has 1 amide bonds. The summed E-state index contributed by atoms with van der Waals surface area (Å²) in [5.74, 6) is -1.86. The van der Waals surface area contributed by atoms with Crippen molar-refractivity contribution in [2.24, 2.45) is 0 Å². The lowest BCUT2D eigenvalue weighted by Gasteiger charge is -2.29. The van der Waals surface area contributed by atoms with Crippen molar-refractivity contribution in [3.63, 3.8) is 0 Å². The lowest BCUT2D eigenvalue weighted by Crippen LogP contribution is -2.38. The first-order valence-corrected chi connectivity index (χ1v) is 7.11. The van der Waals surface area contributed by atoms with Gasteiger partial charge in [-0.1, -0.05) is 18.2 Å². The van der Waals surface area contributed by atoms with Crippen molar-refractivity contribution in [1.82, 2.24) is 0 Å². The van der Waals surface area contributed by atoms with Crippen LogP contribution in [0.5, 0.6) is 5.75 Å². The van der Waals surface area contributed by atoms with Crippen LogP contribution in [-0.2, 0) is 11.2 Å². The number of aryl methyl sites for hydroxylation is 1. The smallest absolute Gasteiger partial charge is 0.264 e. The summed E-state index contributed by atoms with van der Waals surface area (Å²) in [6.45, 7) is 0.335. The second-order valence-electron chi connectivity index (χ2n) is 5.14.